The average Bonchev–Trinajstić information content (AvgIpc) is 0.773. The van der Waals surface area contributed by atoms with Gasteiger partial charge in [-0.15, -0.1) is 0 Å². The van der Waals surface area contributed by atoms with Crippen molar-refractivity contribution >= 4 is 77.2 Å². The topological polar surface area (TPSA) is 427 Å². The molecule has 750 valence electrons. The second kappa shape index (κ2) is 71.5. The van der Waals surface area contributed by atoms with Crippen LogP contribution >= 0.6 is 0 Å². The van der Waals surface area contributed by atoms with Gasteiger partial charge in [0.15, 0.2) is 23.3 Å². The third-order valence-electron chi connectivity index (χ3n) is 21.6. The summed E-state index contributed by atoms with van der Waals surface area (Å²) < 4.78 is 53.4. The number of aromatic carboxylic acids is 3. The number of hydrogen-bond donors (Lipinski definition) is 13. The number of carbonyl (C=O) groups is 13. The zero-order valence-electron chi connectivity index (χ0n) is 82.2. The first kappa shape index (κ1) is 123. The van der Waals surface area contributed by atoms with E-state index < -0.39 is 82.0 Å². The smallest absolute Gasteiger partial charge is 0.339 e. The number of benzene rings is 5. The Morgan fingerprint density at radius 1 is 0.313 bits per heavy atom. The molecule has 134 heavy (non-hydrogen) atoms. The lowest BCUT2D eigenvalue weighted by atomic mass is 9.78. The molecule has 0 spiro atoms. The zero-order valence-corrected chi connectivity index (χ0v) is 82.2. The van der Waals surface area contributed by atoms with Gasteiger partial charge in [-0.3, -0.25) is 47.9 Å². The molecule has 7 amide bonds. The maximum absolute atomic E-state index is 13.6. The molecule has 30 heteroatoms. The van der Waals surface area contributed by atoms with Crippen molar-refractivity contribution in [2.24, 2.45) is 65.1 Å². The van der Waals surface area contributed by atoms with Gasteiger partial charge in [0, 0.05) is 75.7 Å². The van der Waals surface area contributed by atoms with Crippen molar-refractivity contribution in [2.45, 2.75) is 284 Å². The average molecular weight is 1890 g/mol. The van der Waals surface area contributed by atoms with Crippen molar-refractivity contribution in [1.29, 1.82) is 0 Å². The standard InChI is InChI=1S/C14H15F4NO3.C14H19NO3.C14H25NO3.C14H19NO3.C14H25NO3.C14H21NO.C11H21NO3.C9H12/c1-6(2)4-3-5-19-13(20)7-8(14(21)22)10(16)12(18)11(17)9(7)15;1-10(2)5-4-8-15-13(16)11-6-3-7-12(9-11)14(17)18;2*1-10(2)4-3-9-15-13(16)11-5-7-12(8-6-11)14(17)18;1-10(2)6-5-9-15-13(16)11-7-3-4-8-12(11)14(17)18;1-12(2)7-6-10-15-14(16)11-13-8-4-3-5-9-13;1-9(2)5-4-8-12-10(13)6-3-7-11(14)15;1-8(2)9-6-4-3-5-7-9/h6H,3-5H2,1-2H3,(H,19,20)(H,21,22);3,6-7,9-10H,4-5,8H2,1-2H3,(H,15,16)(H,17,18);10-12H,3-9H2,1-2H3,(H,15,16)(H,17,18);5-8,10H,3-4,9H2,1-2H3,(H,15,16)(H,17,18);10-12H,3-9H2,1-2H3,(H,15,16)(H,17,18);3-5,8-9,12H,6-7,10-11H2,1-2H3,(H,15,16);9H,3-8H2,1-2H3,(H,12,13)(H,14,15);3-8H,1-2H3. The van der Waals surface area contributed by atoms with Gasteiger partial charge in [-0.25, -0.2) is 31.9 Å². The highest BCUT2D eigenvalue weighted by Crippen LogP contribution is 2.32. The number of hydrogen-bond acceptors (Lipinski definition) is 13. The van der Waals surface area contributed by atoms with Crippen LogP contribution in [0.15, 0.2) is 109 Å². The van der Waals surface area contributed by atoms with Crippen molar-refractivity contribution in [3.8, 4) is 0 Å². The molecule has 26 nitrogen and oxygen atoms in total. The van der Waals surface area contributed by atoms with Gasteiger partial charge in [0.05, 0.1) is 40.9 Å². The largest absolute Gasteiger partial charge is 0.481 e. The lowest BCUT2D eigenvalue weighted by Gasteiger charge is -2.27. The Bertz CT molecular complexity index is 4270. The molecule has 0 aliphatic heterocycles. The molecule has 2 aliphatic carbocycles. The van der Waals surface area contributed by atoms with E-state index in [0.717, 1.165) is 109 Å². The van der Waals surface area contributed by atoms with E-state index in [1.807, 2.05) is 50.2 Å². The summed E-state index contributed by atoms with van der Waals surface area (Å²) in [6.07, 6.45) is 21.1. The number of aliphatic carboxylic acids is 3. The molecule has 2 fully saturated rings. The first-order chi connectivity index (χ1) is 63.2. The molecule has 0 heterocycles. The summed E-state index contributed by atoms with van der Waals surface area (Å²) in [4.78, 5) is 146. The van der Waals surface area contributed by atoms with Crippen LogP contribution < -0.4 is 37.2 Å². The molecular formula is C104H157F4N7O19. The van der Waals surface area contributed by atoms with Crippen molar-refractivity contribution in [3.63, 3.8) is 0 Å². The zero-order chi connectivity index (χ0) is 101. The minimum absolute atomic E-state index is 0.0275. The van der Waals surface area contributed by atoms with E-state index in [2.05, 4.69) is 158 Å². The van der Waals surface area contributed by atoms with Gasteiger partial charge in [-0.05, 0) is 236 Å². The lowest BCUT2D eigenvalue weighted by molar-refractivity contribution is -0.149. The molecule has 0 radical (unpaired) electrons. The first-order valence-corrected chi connectivity index (χ1v) is 47.7. The van der Waals surface area contributed by atoms with Crippen LogP contribution in [0.1, 0.15) is 350 Å². The molecule has 0 bridgehead atoms. The number of carboxylic acids is 6. The number of carbonyl (C=O) groups excluding carboxylic acids is 7. The maximum Gasteiger partial charge on any atom is 0.339 e. The summed E-state index contributed by atoms with van der Waals surface area (Å²) in [5.41, 5.74) is 0.799. The summed E-state index contributed by atoms with van der Waals surface area (Å²) in [5.74, 6) is -12.7. The van der Waals surface area contributed by atoms with Gasteiger partial charge in [-0.1, -0.05) is 190 Å². The summed E-state index contributed by atoms with van der Waals surface area (Å²) >= 11 is 0. The van der Waals surface area contributed by atoms with Crippen LogP contribution in [0, 0.1) is 88.4 Å². The Labute approximate surface area is 792 Å². The summed E-state index contributed by atoms with van der Waals surface area (Å²) in [7, 11) is 0. The highest BCUT2D eigenvalue weighted by molar-refractivity contribution is 6.05. The third-order valence-corrected chi connectivity index (χ3v) is 21.6. The predicted octanol–water partition coefficient (Wildman–Crippen LogP) is 20.5. The minimum Gasteiger partial charge on any atom is -0.481 e. The van der Waals surface area contributed by atoms with Crippen LogP contribution in [-0.2, 0) is 40.0 Å². The molecule has 2 saturated carbocycles. The molecule has 2 unspecified atom stereocenters. The minimum atomic E-state index is -2.27. The van der Waals surface area contributed by atoms with Gasteiger partial charge >= 0.3 is 35.8 Å². The van der Waals surface area contributed by atoms with Gasteiger partial charge in [0.2, 0.25) is 23.6 Å². The Kier molecular flexibility index (Phi) is 65.6. The molecular weight excluding hydrogens is 1730 g/mol. The quantitative estimate of drug-likeness (QED) is 0.00745. The van der Waals surface area contributed by atoms with Gasteiger partial charge < -0.3 is 67.9 Å². The van der Waals surface area contributed by atoms with Crippen LogP contribution in [0.5, 0.6) is 0 Å². The Morgan fingerprint density at radius 3 is 1.06 bits per heavy atom. The number of nitrogens with one attached hydrogen (secondary N) is 7. The monoisotopic (exact) mass is 1880 g/mol. The van der Waals surface area contributed by atoms with Crippen LogP contribution in [0.2, 0.25) is 0 Å². The molecule has 7 rings (SSSR count). The molecule has 13 N–H and O–H groups in total. The molecule has 2 atom stereocenters. The lowest BCUT2D eigenvalue weighted by Crippen LogP contribution is -2.40. The fraction of sp³-hybridized carbons (Fsp3) is 0.587. The van der Waals surface area contributed by atoms with Crippen LogP contribution in [-0.4, -0.2) is 154 Å². The third kappa shape index (κ3) is 58.2. The van der Waals surface area contributed by atoms with Crippen molar-refractivity contribution in [3.05, 3.63) is 177 Å². The number of rotatable bonds is 45. The van der Waals surface area contributed by atoms with E-state index in [1.54, 1.807) is 12.1 Å². The fourth-order valence-corrected chi connectivity index (χ4v) is 13.7. The van der Waals surface area contributed by atoms with E-state index in [0.29, 0.717) is 149 Å². The van der Waals surface area contributed by atoms with Crippen LogP contribution in [0.3, 0.4) is 0 Å². The maximum atomic E-state index is 13.6. The van der Waals surface area contributed by atoms with E-state index >= 15 is 0 Å². The van der Waals surface area contributed by atoms with E-state index in [9.17, 15) is 79.9 Å². The molecule has 0 saturated heterocycles. The molecule has 0 aromatic heterocycles. The molecule has 5 aromatic carbocycles. The van der Waals surface area contributed by atoms with Crippen LogP contribution in [0.25, 0.3) is 0 Å². The van der Waals surface area contributed by atoms with Gasteiger partial charge in [-0.2, -0.15) is 0 Å². The second-order valence-corrected chi connectivity index (χ2v) is 37.1. The predicted molar refractivity (Wildman–Crippen MR) is 516 cm³/mol. The normalized spacial score (nSPS) is 14.1. The number of halogens is 4. The van der Waals surface area contributed by atoms with Crippen molar-refractivity contribution < 1.29 is 111 Å². The summed E-state index contributed by atoms with van der Waals surface area (Å²) in [6, 6.07) is 32.3. The van der Waals surface area contributed by atoms with E-state index in [-0.39, 0.29) is 77.3 Å². The fourth-order valence-electron chi connectivity index (χ4n) is 13.7. The molecule has 2 aliphatic rings. The summed E-state index contributed by atoms with van der Waals surface area (Å²) in [6.45, 7) is 38.5. The Hall–Kier alpha value is -11.1. The highest BCUT2D eigenvalue weighted by Gasteiger charge is 2.36. The van der Waals surface area contributed by atoms with Gasteiger partial charge in [0.25, 0.3) is 17.7 Å². The van der Waals surface area contributed by atoms with E-state index in [1.165, 1.54) is 48.4 Å². The highest BCUT2D eigenvalue weighted by atomic mass is 19.2. The van der Waals surface area contributed by atoms with Gasteiger partial charge in [0.1, 0.15) is 5.56 Å². The number of amides is 7. The first-order valence-electron chi connectivity index (χ1n) is 47.7. The Morgan fingerprint density at radius 2 is 0.672 bits per heavy atom. The SMILES string of the molecule is CC(C)CCCNC(=O)C1CCC(C(=O)O)CC1.CC(C)CCCNC(=O)C1CCCCC1C(=O)O.CC(C)CCCNC(=O)CCCC(=O)O.CC(C)CCCNC(=O)Cc1ccccc1.CC(C)CCCNC(=O)c1c(F)c(F)c(F)c(F)c1C(=O)O.CC(C)CCCNC(=O)c1ccc(C(=O)O)cc1.CC(C)CCCNC(=O)c1cccc(C(=O)O)c1.CC(C)c1ccccc1. The molecule has 5 aromatic rings. The Balaban J connectivity index is 0.00000152. The van der Waals surface area contributed by atoms with E-state index in [4.69, 9.17) is 30.6 Å². The van der Waals surface area contributed by atoms with Crippen molar-refractivity contribution in [1.82, 2.24) is 37.2 Å². The van der Waals surface area contributed by atoms with Crippen LogP contribution in [0.4, 0.5) is 17.6 Å². The number of carboxylic acid groups (broad SMARTS) is 6. The van der Waals surface area contributed by atoms with Crippen molar-refractivity contribution in [2.75, 3.05) is 45.8 Å². The second-order valence-electron chi connectivity index (χ2n) is 37.1. The summed E-state index contributed by atoms with van der Waals surface area (Å²) in [5, 5.41) is 72.1.